The maximum Gasteiger partial charge on any atom is 0.0623 e. The van der Waals surface area contributed by atoms with Gasteiger partial charge in [0.05, 0.1) is 5.69 Å². The molecule has 2 aromatic rings. The van der Waals surface area contributed by atoms with Gasteiger partial charge >= 0.3 is 0 Å². The molecule has 0 aromatic carbocycles. The second-order valence-electron chi connectivity index (χ2n) is 2.95. The molecule has 2 rings (SSSR count). The molecule has 0 aliphatic carbocycles. The average Bonchev–Trinajstić information content (AvgIpc) is 2.41. The van der Waals surface area contributed by atoms with Gasteiger partial charge in [0.25, 0.3) is 0 Å². The fourth-order valence-electron chi connectivity index (χ4n) is 0.993. The van der Waals surface area contributed by atoms with E-state index in [-0.39, 0.29) is 0 Å². The quantitative estimate of drug-likeness (QED) is 0.758. The van der Waals surface area contributed by atoms with Crippen molar-refractivity contribution in [1.29, 1.82) is 0 Å². The first-order valence-electron chi connectivity index (χ1n) is 4.92. The lowest BCUT2D eigenvalue weighted by molar-refractivity contribution is 1.30. The van der Waals surface area contributed by atoms with Crippen LogP contribution in [-0.4, -0.2) is 9.97 Å². The minimum absolute atomic E-state index is 0.924. The predicted molar refractivity (Wildman–Crippen MR) is 68.7 cm³/mol. The van der Waals surface area contributed by atoms with Crippen LogP contribution in [0.25, 0.3) is 12.2 Å². The second-order valence-corrected chi connectivity index (χ2v) is 2.95. The van der Waals surface area contributed by atoms with Crippen molar-refractivity contribution < 1.29 is 0 Å². The summed E-state index contributed by atoms with van der Waals surface area (Å²) in [6, 6.07) is 9.57. The van der Waals surface area contributed by atoms with E-state index >= 15 is 0 Å². The number of rotatable bonds is 2. The Kier molecular flexibility index (Phi) is 5.28. The van der Waals surface area contributed by atoms with Crippen molar-refractivity contribution in [3.8, 4) is 0 Å². The Hall–Kier alpha value is -2.22. The fourth-order valence-corrected chi connectivity index (χ4v) is 0.993. The van der Waals surface area contributed by atoms with Crippen LogP contribution >= 0.6 is 0 Å². The largest absolute Gasteiger partial charge is 0.264 e. The van der Waals surface area contributed by atoms with Crippen LogP contribution in [0.1, 0.15) is 11.3 Å². The van der Waals surface area contributed by atoms with E-state index < -0.39 is 0 Å². The fraction of sp³-hybridized carbons (Fsp3) is 0. The Labute approximate surface area is 96.0 Å². The van der Waals surface area contributed by atoms with Crippen LogP contribution in [0.3, 0.4) is 0 Å². The van der Waals surface area contributed by atoms with Crippen LogP contribution in [0.2, 0.25) is 0 Å². The van der Waals surface area contributed by atoms with Crippen molar-refractivity contribution in [3.63, 3.8) is 0 Å². The third-order valence-corrected chi connectivity index (χ3v) is 1.82. The van der Waals surface area contributed by atoms with E-state index in [1.165, 1.54) is 0 Å². The van der Waals surface area contributed by atoms with E-state index in [9.17, 15) is 0 Å². The summed E-state index contributed by atoms with van der Waals surface area (Å²) in [5.41, 5.74) is 1.99. The van der Waals surface area contributed by atoms with Gasteiger partial charge in [-0.2, -0.15) is 0 Å². The van der Waals surface area contributed by atoms with Crippen molar-refractivity contribution in [2.24, 2.45) is 0 Å². The van der Waals surface area contributed by atoms with E-state index in [1.807, 2.05) is 30.3 Å². The Morgan fingerprint density at radius 3 is 2.19 bits per heavy atom. The molecule has 0 amide bonds. The number of aromatic nitrogens is 2. The van der Waals surface area contributed by atoms with Crippen LogP contribution in [0.15, 0.2) is 62.1 Å². The first-order valence-corrected chi connectivity index (χ1v) is 4.92. The smallest absolute Gasteiger partial charge is 0.0623 e. The summed E-state index contributed by atoms with van der Waals surface area (Å²) in [4.78, 5) is 7.86. The van der Waals surface area contributed by atoms with Crippen molar-refractivity contribution in [3.05, 3.63) is 73.3 Å². The van der Waals surface area contributed by atoms with Crippen molar-refractivity contribution in [2.75, 3.05) is 0 Å². The minimum Gasteiger partial charge on any atom is -0.264 e. The molecule has 2 nitrogen and oxygen atoms in total. The number of hydrogen-bond acceptors (Lipinski definition) is 2. The van der Waals surface area contributed by atoms with Gasteiger partial charge in [-0.1, -0.05) is 31.4 Å². The minimum atomic E-state index is 0.924. The Morgan fingerprint density at radius 1 is 0.938 bits per heavy atom. The van der Waals surface area contributed by atoms with Crippen LogP contribution in [0.4, 0.5) is 0 Å². The molecule has 0 spiro atoms. The van der Waals surface area contributed by atoms with E-state index in [2.05, 4.69) is 23.1 Å². The van der Waals surface area contributed by atoms with Crippen LogP contribution < -0.4 is 0 Å². The Bertz CT molecular complexity index is 378. The molecule has 0 aliphatic rings. The molecule has 2 heteroatoms. The highest BCUT2D eigenvalue weighted by atomic mass is 14.6. The van der Waals surface area contributed by atoms with Gasteiger partial charge < -0.3 is 0 Å². The van der Waals surface area contributed by atoms with Gasteiger partial charge in [0, 0.05) is 18.6 Å². The zero-order valence-electron chi connectivity index (χ0n) is 9.08. The van der Waals surface area contributed by atoms with Crippen molar-refractivity contribution in [2.45, 2.75) is 0 Å². The summed E-state index contributed by atoms with van der Waals surface area (Å²) < 4.78 is 0. The lowest BCUT2D eigenvalue weighted by Crippen LogP contribution is -1.73. The van der Waals surface area contributed by atoms with Gasteiger partial charge in [0.2, 0.25) is 0 Å². The molecule has 0 bridgehead atoms. The molecule has 0 unspecified atom stereocenters. The van der Waals surface area contributed by atoms with Crippen molar-refractivity contribution in [1.82, 2.24) is 9.97 Å². The van der Waals surface area contributed by atoms with E-state index in [0.717, 1.165) is 11.3 Å². The number of nitrogens with zero attached hydrogens (tertiary/aromatic N) is 2. The molecular weight excluding hydrogens is 196 g/mol. The molecule has 80 valence electrons. The van der Waals surface area contributed by atoms with Crippen LogP contribution in [-0.2, 0) is 0 Å². The molecule has 16 heavy (non-hydrogen) atoms. The summed E-state index contributed by atoms with van der Waals surface area (Å²) in [7, 11) is 0. The lowest BCUT2D eigenvalue weighted by atomic mass is 10.3. The SMILES string of the molecule is C=Cc1ccccn1.C=Cc1cccnc1. The normalized spacial score (nSPS) is 8.50. The zero-order valence-corrected chi connectivity index (χ0v) is 9.08. The van der Waals surface area contributed by atoms with E-state index in [1.54, 1.807) is 30.7 Å². The van der Waals surface area contributed by atoms with Gasteiger partial charge in [-0.3, -0.25) is 9.97 Å². The predicted octanol–water partition coefficient (Wildman–Crippen LogP) is 3.45. The maximum absolute atomic E-state index is 3.98. The molecule has 0 fully saturated rings. The van der Waals surface area contributed by atoms with Crippen molar-refractivity contribution >= 4 is 12.2 Å². The zero-order chi connectivity index (χ0) is 11.6. The molecule has 2 heterocycles. The van der Waals surface area contributed by atoms with Gasteiger partial charge in [-0.15, -0.1) is 0 Å². The highest BCUT2D eigenvalue weighted by Crippen LogP contribution is 1.94. The summed E-state index contributed by atoms with van der Waals surface area (Å²) in [6.07, 6.45) is 8.75. The van der Waals surface area contributed by atoms with E-state index in [0.29, 0.717) is 0 Å². The molecule has 0 N–H and O–H groups in total. The molecule has 0 atom stereocenters. The number of hydrogen-bond donors (Lipinski definition) is 0. The average molecular weight is 210 g/mol. The highest BCUT2D eigenvalue weighted by molar-refractivity contribution is 5.44. The molecular formula is C14H14N2. The molecule has 0 aliphatic heterocycles. The summed E-state index contributed by atoms with van der Waals surface area (Å²) in [5.74, 6) is 0. The second kappa shape index (κ2) is 7.12. The maximum atomic E-state index is 3.98. The third-order valence-electron chi connectivity index (χ3n) is 1.82. The van der Waals surface area contributed by atoms with E-state index in [4.69, 9.17) is 0 Å². The standard InChI is InChI=1S/2C7H7N/c1-2-7-4-3-5-8-6-7;1-2-7-5-3-4-6-8-7/h2*2-6H,1H2. The number of pyridine rings is 2. The first-order chi connectivity index (χ1) is 7.86. The monoisotopic (exact) mass is 210 g/mol. The third kappa shape index (κ3) is 4.33. The van der Waals surface area contributed by atoms with Gasteiger partial charge in [0.1, 0.15) is 0 Å². The van der Waals surface area contributed by atoms with Gasteiger partial charge in [0.15, 0.2) is 0 Å². The Morgan fingerprint density at radius 2 is 1.81 bits per heavy atom. The summed E-state index contributed by atoms with van der Waals surface area (Å²) in [6.45, 7) is 7.16. The summed E-state index contributed by atoms with van der Waals surface area (Å²) >= 11 is 0. The highest BCUT2D eigenvalue weighted by Gasteiger charge is 1.77. The molecule has 2 aromatic heterocycles. The lowest BCUT2D eigenvalue weighted by Gasteiger charge is -1.84. The molecule has 0 saturated heterocycles. The van der Waals surface area contributed by atoms with Gasteiger partial charge in [-0.05, 0) is 29.8 Å². The van der Waals surface area contributed by atoms with Gasteiger partial charge in [-0.25, -0.2) is 0 Å². The molecule has 0 saturated carbocycles. The summed E-state index contributed by atoms with van der Waals surface area (Å²) in [5, 5.41) is 0. The van der Waals surface area contributed by atoms with Crippen LogP contribution in [0, 0.1) is 0 Å². The first kappa shape index (κ1) is 11.9. The van der Waals surface area contributed by atoms with Crippen LogP contribution in [0.5, 0.6) is 0 Å². The topological polar surface area (TPSA) is 25.8 Å². The Balaban J connectivity index is 0.000000160. The molecule has 0 radical (unpaired) electrons.